The fourth-order valence-corrected chi connectivity index (χ4v) is 4.33. The maximum Gasteiger partial charge on any atom is 0.326 e. The number of aromatic nitrogens is 2. The summed E-state index contributed by atoms with van der Waals surface area (Å²) >= 11 is 0. The number of carbonyl (C=O) groups excluding carboxylic acids is 1. The van der Waals surface area contributed by atoms with Crippen LogP contribution in [0.15, 0.2) is 23.0 Å². The summed E-state index contributed by atoms with van der Waals surface area (Å²) in [5.74, 6) is -0.0598. The van der Waals surface area contributed by atoms with E-state index < -0.39 is 0 Å². The summed E-state index contributed by atoms with van der Waals surface area (Å²) in [5.41, 5.74) is 2.21. The van der Waals surface area contributed by atoms with Crippen LogP contribution in [0.3, 0.4) is 0 Å². The van der Waals surface area contributed by atoms with Crippen molar-refractivity contribution >= 4 is 16.9 Å². The van der Waals surface area contributed by atoms with Crippen molar-refractivity contribution < 1.29 is 4.79 Å². The second-order valence-corrected chi connectivity index (χ2v) is 7.52. The van der Waals surface area contributed by atoms with Gasteiger partial charge in [-0.1, -0.05) is 12.8 Å². The Kier molecular flexibility index (Phi) is 4.37. The Morgan fingerprint density at radius 3 is 2.80 bits per heavy atom. The molecule has 2 aromatic rings. The van der Waals surface area contributed by atoms with Gasteiger partial charge in [0.2, 0.25) is 0 Å². The highest BCUT2D eigenvalue weighted by Crippen LogP contribution is 2.30. The third-order valence-electron chi connectivity index (χ3n) is 5.63. The maximum absolute atomic E-state index is 12.6. The van der Waals surface area contributed by atoms with Crippen molar-refractivity contribution in [2.45, 2.75) is 63.6 Å². The second-order valence-electron chi connectivity index (χ2n) is 7.52. The molecule has 1 saturated heterocycles. The highest BCUT2D eigenvalue weighted by atomic mass is 16.2. The summed E-state index contributed by atoms with van der Waals surface area (Å²) in [6.45, 7) is 3.07. The number of carbonyl (C=O) groups is 1. The minimum atomic E-state index is -0.0633. The Morgan fingerprint density at radius 2 is 2.04 bits per heavy atom. The lowest BCUT2D eigenvalue weighted by Gasteiger charge is -2.28. The molecule has 25 heavy (non-hydrogen) atoms. The van der Waals surface area contributed by atoms with Gasteiger partial charge < -0.3 is 15.6 Å². The predicted molar refractivity (Wildman–Crippen MR) is 98.0 cm³/mol. The van der Waals surface area contributed by atoms with Gasteiger partial charge in [-0.3, -0.25) is 9.36 Å². The number of aromatic amines is 1. The average Bonchev–Trinajstić information content (AvgIpc) is 3.20. The van der Waals surface area contributed by atoms with Crippen LogP contribution in [-0.2, 0) is 0 Å². The average molecular weight is 342 g/mol. The van der Waals surface area contributed by atoms with Gasteiger partial charge in [0.05, 0.1) is 11.0 Å². The number of hydrogen-bond acceptors (Lipinski definition) is 3. The van der Waals surface area contributed by atoms with Crippen molar-refractivity contribution in [3.63, 3.8) is 0 Å². The fourth-order valence-electron chi connectivity index (χ4n) is 4.33. The van der Waals surface area contributed by atoms with Crippen LogP contribution in [0.5, 0.6) is 0 Å². The standard InChI is InChI=1S/C19H26N4O2/c1-12-10-14(8-9-20-12)21-18(24)13-6-7-17-16(11-13)22-19(25)23(17)15-4-2-3-5-15/h6-7,11-12,14-15,20H,2-5,8-10H2,1H3,(H,21,24)(H,22,25). The maximum atomic E-state index is 12.6. The zero-order valence-electron chi connectivity index (χ0n) is 14.7. The normalized spacial score (nSPS) is 24.7. The van der Waals surface area contributed by atoms with Crippen LogP contribution in [0.4, 0.5) is 0 Å². The van der Waals surface area contributed by atoms with E-state index >= 15 is 0 Å². The molecule has 1 aliphatic heterocycles. The lowest BCUT2D eigenvalue weighted by Crippen LogP contribution is -2.46. The van der Waals surface area contributed by atoms with E-state index in [1.165, 1.54) is 12.8 Å². The Morgan fingerprint density at radius 1 is 1.24 bits per heavy atom. The van der Waals surface area contributed by atoms with Crippen molar-refractivity contribution in [3.8, 4) is 0 Å². The van der Waals surface area contributed by atoms with Crippen molar-refractivity contribution in [3.05, 3.63) is 34.2 Å². The topological polar surface area (TPSA) is 78.9 Å². The molecule has 134 valence electrons. The van der Waals surface area contributed by atoms with E-state index in [1.54, 1.807) is 0 Å². The Labute approximate surface area is 147 Å². The minimum Gasteiger partial charge on any atom is -0.349 e. The number of nitrogens with one attached hydrogen (secondary N) is 3. The molecule has 1 amide bonds. The third-order valence-corrected chi connectivity index (χ3v) is 5.63. The lowest BCUT2D eigenvalue weighted by atomic mass is 10.00. The summed E-state index contributed by atoms with van der Waals surface area (Å²) in [4.78, 5) is 27.9. The van der Waals surface area contributed by atoms with Crippen molar-refractivity contribution in [2.24, 2.45) is 0 Å². The predicted octanol–water partition coefficient (Wildman–Crippen LogP) is 2.31. The van der Waals surface area contributed by atoms with Gasteiger partial charge in [-0.15, -0.1) is 0 Å². The van der Waals surface area contributed by atoms with E-state index in [2.05, 4.69) is 22.5 Å². The molecule has 1 aliphatic carbocycles. The summed E-state index contributed by atoms with van der Waals surface area (Å²) in [5, 5.41) is 6.52. The first-order chi connectivity index (χ1) is 12.1. The van der Waals surface area contributed by atoms with Gasteiger partial charge in [0, 0.05) is 23.7 Å². The van der Waals surface area contributed by atoms with Crippen LogP contribution < -0.4 is 16.3 Å². The molecule has 3 N–H and O–H groups in total. The minimum absolute atomic E-state index is 0.0598. The Balaban J connectivity index is 1.57. The van der Waals surface area contributed by atoms with Crippen LogP contribution in [0.2, 0.25) is 0 Å². The Bertz CT molecular complexity index is 832. The van der Waals surface area contributed by atoms with Crippen molar-refractivity contribution in [1.29, 1.82) is 0 Å². The molecule has 1 aromatic carbocycles. The first kappa shape index (κ1) is 16.4. The largest absolute Gasteiger partial charge is 0.349 e. The first-order valence-corrected chi connectivity index (χ1v) is 9.40. The fraction of sp³-hybridized carbons (Fsp3) is 0.579. The molecule has 0 spiro atoms. The first-order valence-electron chi connectivity index (χ1n) is 9.40. The molecule has 1 saturated carbocycles. The van der Waals surface area contributed by atoms with Gasteiger partial charge in [-0.05, 0) is 57.4 Å². The van der Waals surface area contributed by atoms with Crippen LogP contribution in [0.25, 0.3) is 11.0 Å². The van der Waals surface area contributed by atoms with E-state index in [9.17, 15) is 9.59 Å². The number of imidazole rings is 1. The van der Waals surface area contributed by atoms with Gasteiger partial charge in [0.1, 0.15) is 0 Å². The molecule has 6 nitrogen and oxygen atoms in total. The number of fused-ring (bicyclic) bond motifs is 1. The zero-order valence-corrected chi connectivity index (χ0v) is 14.7. The number of rotatable bonds is 3. The highest BCUT2D eigenvalue weighted by Gasteiger charge is 2.23. The number of amides is 1. The monoisotopic (exact) mass is 342 g/mol. The number of benzene rings is 1. The van der Waals surface area contributed by atoms with Gasteiger partial charge in [0.25, 0.3) is 5.91 Å². The molecule has 2 unspecified atom stereocenters. The molecule has 2 atom stereocenters. The van der Waals surface area contributed by atoms with E-state index in [4.69, 9.17) is 0 Å². The van der Waals surface area contributed by atoms with Crippen molar-refractivity contribution in [2.75, 3.05) is 6.54 Å². The third kappa shape index (κ3) is 3.23. The van der Waals surface area contributed by atoms with Crippen LogP contribution in [-0.4, -0.2) is 34.1 Å². The molecular weight excluding hydrogens is 316 g/mol. The summed E-state index contributed by atoms with van der Waals surface area (Å²) in [6.07, 6.45) is 6.37. The van der Waals surface area contributed by atoms with E-state index in [0.29, 0.717) is 11.6 Å². The molecule has 2 aliphatic rings. The highest BCUT2D eigenvalue weighted by molar-refractivity contribution is 5.97. The van der Waals surface area contributed by atoms with E-state index in [-0.39, 0.29) is 23.7 Å². The van der Waals surface area contributed by atoms with Crippen LogP contribution in [0, 0.1) is 0 Å². The van der Waals surface area contributed by atoms with Gasteiger partial charge in [-0.25, -0.2) is 4.79 Å². The zero-order chi connectivity index (χ0) is 17.4. The second kappa shape index (κ2) is 6.67. The molecule has 6 heteroatoms. The lowest BCUT2D eigenvalue weighted by molar-refractivity contribution is 0.0926. The number of nitrogens with zero attached hydrogens (tertiary/aromatic N) is 1. The molecule has 0 bridgehead atoms. The van der Waals surface area contributed by atoms with Gasteiger partial charge in [0.15, 0.2) is 0 Å². The van der Waals surface area contributed by atoms with E-state index in [0.717, 1.165) is 43.3 Å². The molecule has 4 rings (SSSR count). The number of H-pyrrole nitrogens is 1. The van der Waals surface area contributed by atoms with Gasteiger partial charge >= 0.3 is 5.69 Å². The molecule has 1 aromatic heterocycles. The quantitative estimate of drug-likeness (QED) is 0.801. The van der Waals surface area contributed by atoms with E-state index in [1.807, 2.05) is 22.8 Å². The van der Waals surface area contributed by atoms with Crippen molar-refractivity contribution in [1.82, 2.24) is 20.2 Å². The molecule has 0 radical (unpaired) electrons. The summed E-state index contributed by atoms with van der Waals surface area (Å²) < 4.78 is 1.87. The number of hydrogen-bond donors (Lipinski definition) is 3. The Hall–Kier alpha value is -2.08. The summed E-state index contributed by atoms with van der Waals surface area (Å²) in [6, 6.07) is 6.48. The summed E-state index contributed by atoms with van der Waals surface area (Å²) in [7, 11) is 0. The van der Waals surface area contributed by atoms with Crippen LogP contribution >= 0.6 is 0 Å². The van der Waals surface area contributed by atoms with Crippen LogP contribution in [0.1, 0.15) is 61.8 Å². The smallest absolute Gasteiger partial charge is 0.326 e. The van der Waals surface area contributed by atoms with Gasteiger partial charge in [-0.2, -0.15) is 0 Å². The molecular formula is C19H26N4O2. The molecule has 2 heterocycles. The number of piperidine rings is 1. The SMILES string of the molecule is CC1CC(NC(=O)c2ccc3c(c2)[nH]c(=O)n3C2CCCC2)CCN1. The molecule has 2 fully saturated rings.